The molecule has 8 rings (SSSR count). The van der Waals surface area contributed by atoms with Gasteiger partial charge in [-0.1, -0.05) is 79.4 Å². The molecule has 0 bridgehead atoms. The molecule has 0 unspecified atom stereocenters. The maximum absolute atomic E-state index is 5.05. The molecular formula is C39H26N2S. The van der Waals surface area contributed by atoms with Gasteiger partial charge in [-0.2, -0.15) is 0 Å². The standard InChI is InChI=1S/C39H26N2S/c1-3-5-24(2)35-16-14-26-10-8-25-9-11-27(21-33(25)39(26)41-35)28-15-17-36-34(22-28)38-32(6-4-7-37(38)42-36)30-12-13-31-23-40-19-18-29(31)20-30/h3-23H,2H2,1H3/b5-3-. The Hall–Kier alpha value is -5.12. The first-order chi connectivity index (χ1) is 20.7. The molecule has 0 saturated carbocycles. The number of hydrogen-bond donors (Lipinski definition) is 0. The molecule has 0 atom stereocenters. The fraction of sp³-hybridized carbons (Fsp3) is 0.0256. The van der Waals surface area contributed by atoms with E-state index in [1.165, 1.54) is 53.2 Å². The SMILES string of the molecule is C=C(/C=C\C)c1ccc2ccc3ccc(-c4ccc5sc6cccc(-c7ccc8cnccc8c7)c6c5c4)cc3c2n1. The molecule has 0 aliphatic rings. The van der Waals surface area contributed by atoms with Crippen LogP contribution in [-0.2, 0) is 0 Å². The maximum Gasteiger partial charge on any atom is 0.0788 e. The second-order valence-electron chi connectivity index (χ2n) is 10.7. The van der Waals surface area contributed by atoms with Crippen LogP contribution in [0.1, 0.15) is 12.6 Å². The average molecular weight is 555 g/mol. The molecule has 0 fully saturated rings. The van der Waals surface area contributed by atoms with Gasteiger partial charge in [0.2, 0.25) is 0 Å². The van der Waals surface area contributed by atoms with Gasteiger partial charge in [-0.05, 0) is 88.0 Å². The number of benzene rings is 5. The lowest BCUT2D eigenvalue weighted by atomic mass is 9.95. The number of thiophene rings is 1. The zero-order chi connectivity index (χ0) is 28.2. The first-order valence-corrected chi connectivity index (χ1v) is 14.9. The van der Waals surface area contributed by atoms with E-state index in [2.05, 4.69) is 115 Å². The van der Waals surface area contributed by atoms with Gasteiger partial charge in [-0.15, -0.1) is 11.3 Å². The van der Waals surface area contributed by atoms with Gasteiger partial charge in [0.25, 0.3) is 0 Å². The topological polar surface area (TPSA) is 25.8 Å². The summed E-state index contributed by atoms with van der Waals surface area (Å²) in [5.41, 5.74) is 7.71. The van der Waals surface area contributed by atoms with Crippen LogP contribution in [0.3, 0.4) is 0 Å². The summed E-state index contributed by atoms with van der Waals surface area (Å²) in [6, 6.07) is 37.6. The highest BCUT2D eigenvalue weighted by Gasteiger charge is 2.13. The molecule has 0 N–H and O–H groups in total. The highest BCUT2D eigenvalue weighted by atomic mass is 32.1. The molecule has 3 heteroatoms. The Kier molecular flexibility index (Phi) is 5.73. The van der Waals surface area contributed by atoms with E-state index in [1.54, 1.807) is 0 Å². The van der Waals surface area contributed by atoms with Gasteiger partial charge < -0.3 is 0 Å². The third-order valence-electron chi connectivity index (χ3n) is 8.15. The minimum Gasteiger partial charge on any atom is -0.264 e. The molecule has 2 nitrogen and oxygen atoms in total. The van der Waals surface area contributed by atoms with Crippen molar-refractivity contribution in [2.24, 2.45) is 0 Å². The van der Waals surface area contributed by atoms with Crippen LogP contribution in [0.15, 0.2) is 134 Å². The molecule has 0 spiro atoms. The first kappa shape index (κ1) is 24.7. The number of nitrogens with zero attached hydrogens (tertiary/aromatic N) is 2. The number of rotatable bonds is 4. The van der Waals surface area contributed by atoms with Gasteiger partial charge in [-0.25, -0.2) is 4.98 Å². The van der Waals surface area contributed by atoms with Crippen molar-refractivity contribution in [2.75, 3.05) is 0 Å². The highest BCUT2D eigenvalue weighted by Crippen LogP contribution is 2.42. The van der Waals surface area contributed by atoms with E-state index in [1.807, 2.05) is 42.8 Å². The summed E-state index contributed by atoms with van der Waals surface area (Å²) in [5, 5.41) is 8.43. The molecule has 3 aromatic heterocycles. The fourth-order valence-electron chi connectivity index (χ4n) is 6.05. The number of fused-ring (bicyclic) bond motifs is 7. The lowest BCUT2D eigenvalue weighted by molar-refractivity contribution is 1.36. The lowest BCUT2D eigenvalue weighted by Crippen LogP contribution is -1.89. The van der Waals surface area contributed by atoms with Crippen LogP contribution in [-0.4, -0.2) is 9.97 Å². The minimum absolute atomic E-state index is 0.905. The molecule has 5 aromatic carbocycles. The smallest absolute Gasteiger partial charge is 0.0788 e. The lowest BCUT2D eigenvalue weighted by Gasteiger charge is -2.10. The van der Waals surface area contributed by atoms with Crippen molar-refractivity contribution < 1.29 is 0 Å². The molecule has 0 aliphatic heterocycles. The molecule has 3 heterocycles. The van der Waals surface area contributed by atoms with E-state index in [0.29, 0.717) is 0 Å². The molecule has 8 aromatic rings. The minimum atomic E-state index is 0.905. The third-order valence-corrected chi connectivity index (χ3v) is 9.29. The van der Waals surface area contributed by atoms with Gasteiger partial charge >= 0.3 is 0 Å². The van der Waals surface area contributed by atoms with E-state index in [-0.39, 0.29) is 0 Å². The zero-order valence-electron chi connectivity index (χ0n) is 23.1. The Labute approximate surface area is 247 Å². The Morgan fingerprint density at radius 3 is 2.36 bits per heavy atom. The van der Waals surface area contributed by atoms with E-state index >= 15 is 0 Å². The van der Waals surface area contributed by atoms with Crippen LogP contribution in [0.4, 0.5) is 0 Å². The average Bonchev–Trinajstić information content (AvgIpc) is 3.42. The number of pyridine rings is 2. The second-order valence-corrected chi connectivity index (χ2v) is 11.8. The maximum atomic E-state index is 5.05. The Balaban J connectivity index is 1.31. The summed E-state index contributed by atoms with van der Waals surface area (Å²) in [6.45, 7) is 6.21. The Morgan fingerprint density at radius 2 is 1.45 bits per heavy atom. The number of hydrogen-bond acceptors (Lipinski definition) is 3. The number of aromatic nitrogens is 2. The summed E-state index contributed by atoms with van der Waals surface area (Å²) >= 11 is 1.86. The van der Waals surface area contributed by atoms with Crippen LogP contribution in [0.2, 0.25) is 0 Å². The largest absolute Gasteiger partial charge is 0.264 e. The van der Waals surface area contributed by atoms with Gasteiger partial charge in [0.05, 0.1) is 11.2 Å². The highest BCUT2D eigenvalue weighted by molar-refractivity contribution is 7.26. The number of allylic oxidation sites excluding steroid dienone is 3. The summed E-state index contributed by atoms with van der Waals surface area (Å²) in [5.74, 6) is 0. The Morgan fingerprint density at radius 1 is 0.690 bits per heavy atom. The van der Waals surface area contributed by atoms with E-state index in [9.17, 15) is 0 Å². The molecular weight excluding hydrogens is 529 g/mol. The van der Waals surface area contributed by atoms with E-state index in [4.69, 9.17) is 4.98 Å². The van der Waals surface area contributed by atoms with Gasteiger partial charge in [0.1, 0.15) is 0 Å². The van der Waals surface area contributed by atoms with Crippen LogP contribution >= 0.6 is 11.3 Å². The van der Waals surface area contributed by atoms with Crippen LogP contribution in [0.5, 0.6) is 0 Å². The summed E-state index contributed by atoms with van der Waals surface area (Å²) in [4.78, 5) is 9.34. The van der Waals surface area contributed by atoms with Crippen molar-refractivity contribution in [2.45, 2.75) is 6.92 Å². The molecule has 42 heavy (non-hydrogen) atoms. The van der Waals surface area contributed by atoms with Crippen molar-refractivity contribution in [3.8, 4) is 22.3 Å². The normalized spacial score (nSPS) is 11.9. The quantitative estimate of drug-likeness (QED) is 0.160. The van der Waals surface area contributed by atoms with E-state index < -0.39 is 0 Å². The van der Waals surface area contributed by atoms with Crippen molar-refractivity contribution in [1.29, 1.82) is 0 Å². The predicted molar refractivity (Wildman–Crippen MR) is 182 cm³/mol. The summed E-state index contributed by atoms with van der Waals surface area (Å²) in [7, 11) is 0. The zero-order valence-corrected chi connectivity index (χ0v) is 24.0. The van der Waals surface area contributed by atoms with Gasteiger partial charge in [-0.3, -0.25) is 4.98 Å². The first-order valence-electron chi connectivity index (χ1n) is 14.1. The monoisotopic (exact) mass is 554 g/mol. The summed E-state index contributed by atoms with van der Waals surface area (Å²) < 4.78 is 2.60. The van der Waals surface area contributed by atoms with Crippen molar-refractivity contribution >= 4 is 69.5 Å². The fourth-order valence-corrected chi connectivity index (χ4v) is 7.16. The Bertz CT molecular complexity index is 2390. The van der Waals surface area contributed by atoms with Gasteiger partial charge in [0, 0.05) is 48.7 Å². The molecule has 198 valence electrons. The molecule has 0 saturated heterocycles. The molecule has 0 radical (unpaired) electrons. The van der Waals surface area contributed by atoms with Crippen molar-refractivity contribution in [3.63, 3.8) is 0 Å². The second kappa shape index (κ2) is 9.76. The van der Waals surface area contributed by atoms with Gasteiger partial charge in [0.15, 0.2) is 0 Å². The summed E-state index contributed by atoms with van der Waals surface area (Å²) in [6.07, 6.45) is 7.80. The van der Waals surface area contributed by atoms with Crippen LogP contribution in [0, 0.1) is 0 Å². The van der Waals surface area contributed by atoms with Crippen LogP contribution < -0.4 is 0 Å². The van der Waals surface area contributed by atoms with Crippen LogP contribution in [0.25, 0.3) is 80.4 Å². The molecule has 0 amide bonds. The van der Waals surface area contributed by atoms with Crippen molar-refractivity contribution in [1.82, 2.24) is 9.97 Å². The van der Waals surface area contributed by atoms with E-state index in [0.717, 1.165) is 32.9 Å². The van der Waals surface area contributed by atoms with Crippen molar-refractivity contribution in [3.05, 3.63) is 140 Å². The third kappa shape index (κ3) is 4.01. The predicted octanol–water partition coefficient (Wildman–Crippen LogP) is 11.2. The molecule has 0 aliphatic carbocycles.